The molecule has 0 saturated carbocycles. The van der Waals surface area contributed by atoms with Crippen molar-refractivity contribution >= 4 is 5.69 Å². The normalized spacial score (nSPS) is 26.2. The molecule has 6 nitrogen and oxygen atoms in total. The second-order valence-electron chi connectivity index (χ2n) is 5.70. The summed E-state index contributed by atoms with van der Waals surface area (Å²) in [5.41, 5.74) is 8.77. The number of rotatable bonds is 3. The molecule has 1 saturated heterocycles. The standard InChI is InChI=1S/C15H22N2O4/c1-10-7-20-14(6-18)5-17(10)4-11-2-13(16)3-12-8-19-9-21-15(11)12/h2-3,10,14,18H,4-9,16H2,1H3. The van der Waals surface area contributed by atoms with Crippen LogP contribution in [0.25, 0.3) is 0 Å². The van der Waals surface area contributed by atoms with Crippen molar-refractivity contribution in [2.45, 2.75) is 32.2 Å². The zero-order chi connectivity index (χ0) is 14.8. The summed E-state index contributed by atoms with van der Waals surface area (Å²) in [6, 6.07) is 4.15. The van der Waals surface area contributed by atoms with E-state index in [1.807, 2.05) is 12.1 Å². The fourth-order valence-electron chi connectivity index (χ4n) is 2.87. The van der Waals surface area contributed by atoms with Crippen LogP contribution in [0, 0.1) is 0 Å². The maximum absolute atomic E-state index is 9.28. The fraction of sp³-hybridized carbons (Fsp3) is 0.600. The molecule has 2 unspecified atom stereocenters. The molecule has 116 valence electrons. The molecular formula is C15H22N2O4. The number of aliphatic hydroxyl groups excluding tert-OH is 1. The van der Waals surface area contributed by atoms with Crippen LogP contribution in [0.15, 0.2) is 12.1 Å². The maximum Gasteiger partial charge on any atom is 0.189 e. The number of fused-ring (bicyclic) bond motifs is 1. The predicted molar refractivity (Wildman–Crippen MR) is 77.8 cm³/mol. The molecule has 6 heteroatoms. The number of ether oxygens (including phenoxy) is 3. The van der Waals surface area contributed by atoms with Gasteiger partial charge in [0.25, 0.3) is 0 Å². The molecule has 0 bridgehead atoms. The van der Waals surface area contributed by atoms with Gasteiger partial charge in [-0.05, 0) is 19.1 Å². The smallest absolute Gasteiger partial charge is 0.189 e. The summed E-state index contributed by atoms with van der Waals surface area (Å²) in [5.74, 6) is 0.884. The Kier molecular flexibility index (Phi) is 4.30. The van der Waals surface area contributed by atoms with Gasteiger partial charge in [-0.15, -0.1) is 0 Å². The van der Waals surface area contributed by atoms with Crippen molar-refractivity contribution in [1.29, 1.82) is 0 Å². The van der Waals surface area contributed by atoms with Gasteiger partial charge in [0.2, 0.25) is 0 Å². The van der Waals surface area contributed by atoms with Gasteiger partial charge in [-0.25, -0.2) is 0 Å². The Morgan fingerprint density at radius 1 is 1.43 bits per heavy atom. The van der Waals surface area contributed by atoms with Gasteiger partial charge in [0.15, 0.2) is 6.79 Å². The summed E-state index contributed by atoms with van der Waals surface area (Å²) in [5, 5.41) is 9.28. The van der Waals surface area contributed by atoms with Gasteiger partial charge in [-0.3, -0.25) is 4.90 Å². The van der Waals surface area contributed by atoms with E-state index in [9.17, 15) is 5.11 Å². The quantitative estimate of drug-likeness (QED) is 0.800. The molecule has 1 fully saturated rings. The SMILES string of the molecule is CC1COC(CO)CN1Cc1cc(N)cc2c1OCOC2. The molecule has 0 spiro atoms. The summed E-state index contributed by atoms with van der Waals surface area (Å²) in [6.45, 7) is 5.04. The molecule has 1 aromatic carbocycles. The van der Waals surface area contributed by atoms with Crippen molar-refractivity contribution in [2.75, 3.05) is 32.3 Å². The van der Waals surface area contributed by atoms with Crippen LogP contribution in [0.3, 0.4) is 0 Å². The highest BCUT2D eigenvalue weighted by atomic mass is 16.7. The summed E-state index contributed by atoms with van der Waals surface area (Å²) in [4.78, 5) is 2.29. The molecular weight excluding hydrogens is 272 g/mol. The summed E-state index contributed by atoms with van der Waals surface area (Å²) in [7, 11) is 0. The highest BCUT2D eigenvalue weighted by Gasteiger charge is 2.27. The average molecular weight is 294 g/mol. The first-order chi connectivity index (χ1) is 10.2. The number of nitrogens with two attached hydrogens (primary N) is 1. The zero-order valence-electron chi connectivity index (χ0n) is 12.2. The molecule has 3 N–H and O–H groups in total. The van der Waals surface area contributed by atoms with E-state index >= 15 is 0 Å². The van der Waals surface area contributed by atoms with Crippen LogP contribution in [0.1, 0.15) is 18.1 Å². The molecule has 0 aliphatic carbocycles. The predicted octanol–water partition coefficient (Wildman–Crippen LogP) is 0.717. The van der Waals surface area contributed by atoms with E-state index < -0.39 is 0 Å². The van der Waals surface area contributed by atoms with Gasteiger partial charge in [-0.2, -0.15) is 0 Å². The van der Waals surface area contributed by atoms with Gasteiger partial charge in [0.1, 0.15) is 5.75 Å². The van der Waals surface area contributed by atoms with E-state index in [0.717, 1.165) is 29.1 Å². The van der Waals surface area contributed by atoms with Crippen molar-refractivity contribution in [2.24, 2.45) is 0 Å². The lowest BCUT2D eigenvalue weighted by Gasteiger charge is -2.38. The molecule has 2 atom stereocenters. The number of nitrogens with zero attached hydrogens (tertiary/aromatic N) is 1. The Labute approximate surface area is 124 Å². The highest BCUT2D eigenvalue weighted by molar-refractivity contribution is 5.53. The van der Waals surface area contributed by atoms with Crippen LogP contribution in [-0.4, -0.2) is 48.7 Å². The van der Waals surface area contributed by atoms with Crippen LogP contribution < -0.4 is 10.5 Å². The largest absolute Gasteiger partial charge is 0.467 e. The summed E-state index contributed by atoms with van der Waals surface area (Å²) < 4.78 is 16.5. The van der Waals surface area contributed by atoms with Gasteiger partial charge >= 0.3 is 0 Å². The van der Waals surface area contributed by atoms with Crippen molar-refractivity contribution in [3.63, 3.8) is 0 Å². The first-order valence-corrected chi connectivity index (χ1v) is 7.25. The fourth-order valence-corrected chi connectivity index (χ4v) is 2.87. The third kappa shape index (κ3) is 3.13. The van der Waals surface area contributed by atoms with Crippen LogP contribution in [0.2, 0.25) is 0 Å². The Hall–Kier alpha value is -1.34. The van der Waals surface area contributed by atoms with E-state index in [2.05, 4.69) is 11.8 Å². The Morgan fingerprint density at radius 2 is 2.29 bits per heavy atom. The van der Waals surface area contributed by atoms with Gasteiger partial charge in [-0.1, -0.05) is 0 Å². The van der Waals surface area contributed by atoms with Crippen LogP contribution in [-0.2, 0) is 22.6 Å². The molecule has 3 rings (SSSR count). The number of morpholine rings is 1. The van der Waals surface area contributed by atoms with Gasteiger partial charge in [0, 0.05) is 35.9 Å². The second-order valence-corrected chi connectivity index (χ2v) is 5.70. The first kappa shape index (κ1) is 14.6. The molecule has 0 amide bonds. The molecule has 2 aliphatic heterocycles. The topological polar surface area (TPSA) is 77.2 Å². The number of nitrogen functional groups attached to an aromatic ring is 1. The lowest BCUT2D eigenvalue weighted by molar-refractivity contribution is -0.0811. The number of hydrogen-bond donors (Lipinski definition) is 2. The minimum absolute atomic E-state index is 0.0442. The van der Waals surface area contributed by atoms with E-state index in [-0.39, 0.29) is 19.5 Å². The Morgan fingerprint density at radius 3 is 3.10 bits per heavy atom. The number of benzene rings is 1. The van der Waals surface area contributed by atoms with Crippen molar-refractivity contribution in [3.8, 4) is 5.75 Å². The lowest BCUT2D eigenvalue weighted by atomic mass is 10.0. The molecule has 1 aromatic rings. The average Bonchev–Trinajstić information content (AvgIpc) is 2.49. The van der Waals surface area contributed by atoms with E-state index in [1.54, 1.807) is 0 Å². The molecule has 21 heavy (non-hydrogen) atoms. The summed E-state index contributed by atoms with van der Waals surface area (Å²) in [6.07, 6.45) is -0.123. The Balaban J connectivity index is 1.82. The number of hydrogen-bond acceptors (Lipinski definition) is 6. The van der Waals surface area contributed by atoms with E-state index in [0.29, 0.717) is 25.8 Å². The summed E-state index contributed by atoms with van der Waals surface area (Å²) >= 11 is 0. The third-order valence-corrected chi connectivity index (χ3v) is 4.02. The van der Waals surface area contributed by atoms with Gasteiger partial charge < -0.3 is 25.1 Å². The van der Waals surface area contributed by atoms with E-state index in [1.165, 1.54) is 0 Å². The number of anilines is 1. The van der Waals surface area contributed by atoms with Crippen LogP contribution in [0.5, 0.6) is 5.75 Å². The zero-order valence-corrected chi connectivity index (χ0v) is 12.2. The second kappa shape index (κ2) is 6.19. The monoisotopic (exact) mass is 294 g/mol. The van der Waals surface area contributed by atoms with Crippen molar-refractivity contribution < 1.29 is 19.3 Å². The highest BCUT2D eigenvalue weighted by Crippen LogP contribution is 2.32. The molecule has 2 aliphatic rings. The van der Waals surface area contributed by atoms with Gasteiger partial charge in [0.05, 0.1) is 25.9 Å². The minimum atomic E-state index is -0.123. The molecule has 0 radical (unpaired) electrons. The molecule has 0 aromatic heterocycles. The van der Waals surface area contributed by atoms with Crippen LogP contribution in [0.4, 0.5) is 5.69 Å². The van der Waals surface area contributed by atoms with Crippen LogP contribution >= 0.6 is 0 Å². The maximum atomic E-state index is 9.28. The first-order valence-electron chi connectivity index (χ1n) is 7.25. The number of aliphatic hydroxyl groups is 1. The Bertz CT molecular complexity index is 509. The van der Waals surface area contributed by atoms with Crippen molar-refractivity contribution in [3.05, 3.63) is 23.3 Å². The minimum Gasteiger partial charge on any atom is -0.467 e. The van der Waals surface area contributed by atoms with Crippen molar-refractivity contribution in [1.82, 2.24) is 4.90 Å². The third-order valence-electron chi connectivity index (χ3n) is 4.02. The molecule has 2 heterocycles. The van der Waals surface area contributed by atoms with E-state index in [4.69, 9.17) is 19.9 Å². The lowest BCUT2D eigenvalue weighted by Crippen LogP contribution is -2.48.